The van der Waals surface area contributed by atoms with E-state index in [0.29, 0.717) is 0 Å². The van der Waals surface area contributed by atoms with Gasteiger partial charge in [0.25, 0.3) is 0 Å². The van der Waals surface area contributed by atoms with E-state index < -0.39 is 0 Å². The third-order valence-corrected chi connectivity index (χ3v) is 3.03. The van der Waals surface area contributed by atoms with Gasteiger partial charge in [0.05, 0.1) is 0 Å². The molecule has 0 bridgehead atoms. The van der Waals surface area contributed by atoms with Crippen molar-refractivity contribution < 1.29 is 0 Å². The van der Waals surface area contributed by atoms with Crippen LogP contribution in [0.2, 0.25) is 0 Å². The summed E-state index contributed by atoms with van der Waals surface area (Å²) < 4.78 is 1.35. The molecule has 0 atom stereocenters. The molecular formula is C10H14IN. The summed E-state index contributed by atoms with van der Waals surface area (Å²) >= 11 is 2.39. The van der Waals surface area contributed by atoms with Crippen LogP contribution in [0.25, 0.3) is 0 Å². The summed E-state index contributed by atoms with van der Waals surface area (Å²) in [6.07, 6.45) is 0. The Labute approximate surface area is 87.7 Å². The van der Waals surface area contributed by atoms with Gasteiger partial charge in [0.2, 0.25) is 0 Å². The zero-order valence-corrected chi connectivity index (χ0v) is 9.90. The van der Waals surface area contributed by atoms with Crippen molar-refractivity contribution in [1.29, 1.82) is 0 Å². The summed E-state index contributed by atoms with van der Waals surface area (Å²) in [5.41, 5.74) is 4.14. The van der Waals surface area contributed by atoms with Crippen molar-refractivity contribution >= 4 is 22.6 Å². The molecule has 66 valence electrons. The SMILES string of the molecule is CNCc1cc(C)c(C)cc1I. The molecule has 1 nitrogen and oxygen atoms in total. The van der Waals surface area contributed by atoms with Crippen LogP contribution in [0.3, 0.4) is 0 Å². The highest BCUT2D eigenvalue weighted by Gasteiger charge is 2.00. The Balaban J connectivity index is 3.05. The van der Waals surface area contributed by atoms with Gasteiger partial charge in [-0.2, -0.15) is 0 Å². The van der Waals surface area contributed by atoms with Crippen molar-refractivity contribution in [1.82, 2.24) is 5.32 Å². The van der Waals surface area contributed by atoms with Crippen LogP contribution in [0.5, 0.6) is 0 Å². The predicted octanol–water partition coefficient (Wildman–Crippen LogP) is 2.63. The van der Waals surface area contributed by atoms with Gasteiger partial charge in [-0.25, -0.2) is 0 Å². The Bertz CT molecular complexity index is 281. The van der Waals surface area contributed by atoms with E-state index in [1.807, 2.05) is 7.05 Å². The fourth-order valence-electron chi connectivity index (χ4n) is 1.17. The second-order valence-corrected chi connectivity index (χ2v) is 4.22. The third-order valence-electron chi connectivity index (χ3n) is 2.03. The normalized spacial score (nSPS) is 10.3. The van der Waals surface area contributed by atoms with Crippen molar-refractivity contribution in [3.63, 3.8) is 0 Å². The molecule has 0 unspecified atom stereocenters. The van der Waals surface area contributed by atoms with E-state index in [1.165, 1.54) is 20.3 Å². The molecule has 2 heteroatoms. The lowest BCUT2D eigenvalue weighted by Gasteiger charge is -2.07. The molecule has 0 aromatic heterocycles. The summed E-state index contributed by atoms with van der Waals surface area (Å²) in [6.45, 7) is 5.27. The zero-order chi connectivity index (χ0) is 9.14. The van der Waals surface area contributed by atoms with Gasteiger partial charge >= 0.3 is 0 Å². The molecule has 1 rings (SSSR count). The van der Waals surface area contributed by atoms with Gasteiger partial charge in [-0.3, -0.25) is 0 Å². The average Bonchev–Trinajstić information content (AvgIpc) is 2.01. The second-order valence-electron chi connectivity index (χ2n) is 3.06. The first-order valence-corrected chi connectivity index (χ1v) is 5.13. The third kappa shape index (κ3) is 2.20. The number of hydrogen-bond acceptors (Lipinski definition) is 1. The molecule has 0 fully saturated rings. The van der Waals surface area contributed by atoms with Crippen LogP contribution in [0.1, 0.15) is 16.7 Å². The van der Waals surface area contributed by atoms with Crippen LogP contribution in [-0.4, -0.2) is 7.05 Å². The molecule has 0 saturated carbocycles. The summed E-state index contributed by atoms with van der Waals surface area (Å²) in [6, 6.07) is 4.50. The maximum atomic E-state index is 3.17. The Hall–Kier alpha value is -0.0900. The van der Waals surface area contributed by atoms with Gasteiger partial charge in [0.15, 0.2) is 0 Å². The number of halogens is 1. The number of rotatable bonds is 2. The highest BCUT2D eigenvalue weighted by Crippen LogP contribution is 2.17. The van der Waals surface area contributed by atoms with Crippen molar-refractivity contribution in [3.05, 3.63) is 32.4 Å². The van der Waals surface area contributed by atoms with Gasteiger partial charge in [-0.05, 0) is 66.2 Å². The molecule has 0 aliphatic rings. The summed E-state index contributed by atoms with van der Waals surface area (Å²) in [5.74, 6) is 0. The van der Waals surface area contributed by atoms with Gasteiger partial charge in [-0.1, -0.05) is 6.07 Å². The van der Waals surface area contributed by atoms with Crippen molar-refractivity contribution in [2.75, 3.05) is 7.05 Å². The lowest BCUT2D eigenvalue weighted by Crippen LogP contribution is -2.07. The van der Waals surface area contributed by atoms with Crippen molar-refractivity contribution in [2.24, 2.45) is 0 Å². The van der Waals surface area contributed by atoms with Crippen LogP contribution in [0, 0.1) is 17.4 Å². The zero-order valence-electron chi connectivity index (χ0n) is 7.74. The molecule has 0 spiro atoms. The van der Waals surface area contributed by atoms with Gasteiger partial charge in [0, 0.05) is 10.1 Å². The molecule has 0 aliphatic heterocycles. The average molecular weight is 275 g/mol. The minimum absolute atomic E-state index is 0.958. The second kappa shape index (κ2) is 4.23. The lowest BCUT2D eigenvalue weighted by molar-refractivity contribution is 0.812. The van der Waals surface area contributed by atoms with E-state index in [9.17, 15) is 0 Å². The largest absolute Gasteiger partial charge is 0.316 e. The van der Waals surface area contributed by atoms with Crippen molar-refractivity contribution in [2.45, 2.75) is 20.4 Å². The van der Waals surface area contributed by atoms with Crippen LogP contribution in [-0.2, 0) is 6.54 Å². The molecule has 1 aromatic rings. The topological polar surface area (TPSA) is 12.0 Å². The maximum absolute atomic E-state index is 3.17. The fraction of sp³-hybridized carbons (Fsp3) is 0.400. The molecule has 0 aliphatic carbocycles. The van der Waals surface area contributed by atoms with Crippen LogP contribution in [0.4, 0.5) is 0 Å². The number of benzene rings is 1. The summed E-state index contributed by atoms with van der Waals surface area (Å²) in [5, 5.41) is 3.17. The fourth-order valence-corrected chi connectivity index (χ4v) is 1.98. The van der Waals surface area contributed by atoms with E-state index in [4.69, 9.17) is 0 Å². The van der Waals surface area contributed by atoms with E-state index in [0.717, 1.165) is 6.54 Å². The summed E-state index contributed by atoms with van der Waals surface area (Å²) in [7, 11) is 1.98. The number of aryl methyl sites for hydroxylation is 2. The molecule has 0 radical (unpaired) electrons. The minimum Gasteiger partial charge on any atom is -0.316 e. The lowest BCUT2D eigenvalue weighted by atomic mass is 10.1. The first-order valence-electron chi connectivity index (χ1n) is 4.05. The number of hydrogen-bond donors (Lipinski definition) is 1. The predicted molar refractivity (Wildman–Crippen MR) is 61.4 cm³/mol. The van der Waals surface area contributed by atoms with E-state index in [2.05, 4.69) is 53.9 Å². The van der Waals surface area contributed by atoms with E-state index in [1.54, 1.807) is 0 Å². The standard InChI is InChI=1S/C10H14IN/c1-7-4-9(6-12-3)10(11)5-8(7)2/h4-5,12H,6H2,1-3H3. The Morgan fingerprint density at radius 3 is 2.42 bits per heavy atom. The van der Waals surface area contributed by atoms with Gasteiger partial charge < -0.3 is 5.32 Å². The quantitative estimate of drug-likeness (QED) is 0.818. The van der Waals surface area contributed by atoms with Crippen LogP contribution in [0.15, 0.2) is 12.1 Å². The Morgan fingerprint density at radius 2 is 1.83 bits per heavy atom. The maximum Gasteiger partial charge on any atom is 0.0213 e. The first kappa shape index (κ1) is 9.99. The molecular weight excluding hydrogens is 261 g/mol. The van der Waals surface area contributed by atoms with E-state index in [-0.39, 0.29) is 0 Å². The van der Waals surface area contributed by atoms with Gasteiger partial charge in [0.1, 0.15) is 0 Å². The van der Waals surface area contributed by atoms with Crippen LogP contribution < -0.4 is 5.32 Å². The highest BCUT2D eigenvalue weighted by atomic mass is 127. The Morgan fingerprint density at radius 1 is 1.25 bits per heavy atom. The molecule has 0 amide bonds. The molecule has 1 aromatic carbocycles. The molecule has 0 heterocycles. The van der Waals surface area contributed by atoms with Gasteiger partial charge in [-0.15, -0.1) is 0 Å². The highest BCUT2D eigenvalue weighted by molar-refractivity contribution is 14.1. The molecule has 0 saturated heterocycles. The monoisotopic (exact) mass is 275 g/mol. The smallest absolute Gasteiger partial charge is 0.0213 e. The first-order chi connectivity index (χ1) is 5.65. The minimum atomic E-state index is 0.958. The van der Waals surface area contributed by atoms with Crippen molar-refractivity contribution in [3.8, 4) is 0 Å². The van der Waals surface area contributed by atoms with E-state index >= 15 is 0 Å². The molecule has 12 heavy (non-hydrogen) atoms. The summed E-state index contributed by atoms with van der Waals surface area (Å²) in [4.78, 5) is 0. The Kier molecular flexibility index (Phi) is 3.53. The number of nitrogens with one attached hydrogen (secondary N) is 1. The molecule has 1 N–H and O–H groups in total. The van der Waals surface area contributed by atoms with Crippen LogP contribution >= 0.6 is 22.6 Å².